The number of ether oxygens (including phenoxy) is 1. The van der Waals surface area contributed by atoms with Gasteiger partial charge < -0.3 is 9.15 Å². The van der Waals surface area contributed by atoms with E-state index in [2.05, 4.69) is 6.92 Å². The standard InChI is InChI=1S/C22H24ClNO4S/c1-2-3-12-27-13-5-11-24-21(25)19(16-7-9-17(23)10-8-16)20(22(24)26)29-15-18-6-4-14-28-18/h4,6-10,14H,2-3,5,11-13,15H2,1H3. The van der Waals surface area contributed by atoms with Gasteiger partial charge in [-0.2, -0.15) is 0 Å². The van der Waals surface area contributed by atoms with Gasteiger partial charge in [0, 0.05) is 24.8 Å². The first-order valence-electron chi connectivity index (χ1n) is 9.71. The summed E-state index contributed by atoms with van der Waals surface area (Å²) in [5.41, 5.74) is 1.12. The number of carbonyl (C=O) groups is 2. The third-order valence-corrected chi connectivity index (χ3v) is 5.86. The average molecular weight is 434 g/mol. The molecule has 1 aromatic carbocycles. The van der Waals surface area contributed by atoms with Gasteiger partial charge in [0.15, 0.2) is 0 Å². The summed E-state index contributed by atoms with van der Waals surface area (Å²) in [4.78, 5) is 27.9. The highest BCUT2D eigenvalue weighted by molar-refractivity contribution is 8.03. The zero-order valence-electron chi connectivity index (χ0n) is 16.4. The highest BCUT2D eigenvalue weighted by Gasteiger charge is 2.38. The molecule has 2 heterocycles. The molecule has 0 bridgehead atoms. The second kappa shape index (κ2) is 10.7. The van der Waals surface area contributed by atoms with Gasteiger partial charge >= 0.3 is 0 Å². The van der Waals surface area contributed by atoms with Crippen molar-refractivity contribution in [2.24, 2.45) is 0 Å². The van der Waals surface area contributed by atoms with Crippen LogP contribution >= 0.6 is 23.4 Å². The van der Waals surface area contributed by atoms with E-state index < -0.39 is 0 Å². The first-order chi connectivity index (χ1) is 14.1. The second-order valence-corrected chi connectivity index (χ2v) is 8.08. The zero-order valence-corrected chi connectivity index (χ0v) is 17.9. The van der Waals surface area contributed by atoms with Crippen LogP contribution in [0.1, 0.15) is 37.5 Å². The highest BCUT2D eigenvalue weighted by Crippen LogP contribution is 2.37. The van der Waals surface area contributed by atoms with E-state index in [4.69, 9.17) is 20.8 Å². The van der Waals surface area contributed by atoms with E-state index in [0.29, 0.717) is 53.0 Å². The lowest BCUT2D eigenvalue weighted by molar-refractivity contribution is -0.136. The number of hydrogen-bond acceptors (Lipinski definition) is 5. The SMILES string of the molecule is CCCCOCCCN1C(=O)C(SCc2ccco2)=C(c2ccc(Cl)cc2)C1=O. The number of rotatable bonds is 11. The number of imide groups is 1. The Morgan fingerprint density at radius 2 is 1.83 bits per heavy atom. The molecule has 154 valence electrons. The number of benzene rings is 1. The van der Waals surface area contributed by atoms with Crippen molar-refractivity contribution in [3.63, 3.8) is 0 Å². The van der Waals surface area contributed by atoms with Crippen LogP contribution in [0.3, 0.4) is 0 Å². The van der Waals surface area contributed by atoms with E-state index in [1.54, 1.807) is 36.6 Å². The van der Waals surface area contributed by atoms with E-state index >= 15 is 0 Å². The van der Waals surface area contributed by atoms with Crippen LogP contribution in [0.2, 0.25) is 5.02 Å². The fraction of sp³-hybridized carbons (Fsp3) is 0.364. The summed E-state index contributed by atoms with van der Waals surface area (Å²) >= 11 is 7.31. The van der Waals surface area contributed by atoms with Gasteiger partial charge in [0.2, 0.25) is 0 Å². The Balaban J connectivity index is 1.74. The van der Waals surface area contributed by atoms with Crippen LogP contribution in [0.4, 0.5) is 0 Å². The number of amides is 2. The smallest absolute Gasteiger partial charge is 0.267 e. The van der Waals surface area contributed by atoms with E-state index in [0.717, 1.165) is 18.6 Å². The molecule has 2 amide bonds. The minimum absolute atomic E-state index is 0.259. The van der Waals surface area contributed by atoms with E-state index in [1.165, 1.54) is 16.7 Å². The molecule has 0 unspecified atom stereocenters. The molecule has 0 N–H and O–H groups in total. The van der Waals surface area contributed by atoms with Crippen molar-refractivity contribution in [2.75, 3.05) is 19.8 Å². The van der Waals surface area contributed by atoms with Crippen molar-refractivity contribution in [1.82, 2.24) is 4.90 Å². The maximum absolute atomic E-state index is 13.1. The quantitative estimate of drug-likeness (QED) is 0.362. The molecular formula is C22H24ClNO4S. The summed E-state index contributed by atoms with van der Waals surface area (Å²) in [5.74, 6) is 0.700. The normalized spacial score (nSPS) is 14.3. The summed E-state index contributed by atoms with van der Waals surface area (Å²) in [5, 5.41) is 0.581. The molecule has 0 atom stereocenters. The van der Waals surface area contributed by atoms with Crippen LogP contribution in [-0.2, 0) is 20.1 Å². The van der Waals surface area contributed by atoms with Gasteiger partial charge in [-0.25, -0.2) is 0 Å². The predicted octanol–water partition coefficient (Wildman–Crippen LogP) is 5.15. The Morgan fingerprint density at radius 1 is 1.07 bits per heavy atom. The van der Waals surface area contributed by atoms with Gasteiger partial charge in [0.25, 0.3) is 11.8 Å². The van der Waals surface area contributed by atoms with E-state index in [1.807, 2.05) is 6.07 Å². The molecule has 29 heavy (non-hydrogen) atoms. The van der Waals surface area contributed by atoms with Crippen LogP contribution in [0.15, 0.2) is 52.0 Å². The lowest BCUT2D eigenvalue weighted by Crippen LogP contribution is -2.33. The minimum atomic E-state index is -0.271. The van der Waals surface area contributed by atoms with Gasteiger partial charge in [0.05, 0.1) is 22.5 Å². The van der Waals surface area contributed by atoms with Crippen LogP contribution in [0, 0.1) is 0 Å². The first kappa shape index (κ1) is 21.7. The molecule has 1 aliphatic heterocycles. The third-order valence-electron chi connectivity index (χ3n) is 4.51. The number of furan rings is 1. The second-order valence-electron chi connectivity index (χ2n) is 6.66. The molecule has 7 heteroatoms. The topological polar surface area (TPSA) is 59.8 Å². The average Bonchev–Trinajstić information content (AvgIpc) is 3.31. The lowest BCUT2D eigenvalue weighted by Gasteiger charge is -2.15. The molecule has 0 spiro atoms. The molecule has 0 saturated carbocycles. The van der Waals surface area contributed by atoms with Crippen molar-refractivity contribution >= 4 is 40.8 Å². The zero-order chi connectivity index (χ0) is 20.6. The fourth-order valence-corrected chi connectivity index (χ4v) is 4.13. The summed E-state index contributed by atoms with van der Waals surface area (Å²) < 4.78 is 10.9. The van der Waals surface area contributed by atoms with Crippen LogP contribution in [0.25, 0.3) is 5.57 Å². The van der Waals surface area contributed by atoms with Gasteiger partial charge in [0.1, 0.15) is 5.76 Å². The molecular weight excluding hydrogens is 410 g/mol. The van der Waals surface area contributed by atoms with Gasteiger partial charge in [-0.15, -0.1) is 11.8 Å². The molecule has 0 saturated heterocycles. The summed E-state index contributed by atoms with van der Waals surface area (Å²) in [6, 6.07) is 10.6. The van der Waals surface area contributed by atoms with Crippen molar-refractivity contribution in [1.29, 1.82) is 0 Å². The van der Waals surface area contributed by atoms with Crippen molar-refractivity contribution in [2.45, 2.75) is 31.9 Å². The predicted molar refractivity (Wildman–Crippen MR) is 115 cm³/mol. The maximum atomic E-state index is 13.1. The number of hydrogen-bond donors (Lipinski definition) is 0. The summed E-state index contributed by atoms with van der Waals surface area (Å²) in [6.45, 7) is 3.68. The fourth-order valence-electron chi connectivity index (χ4n) is 2.97. The number of nitrogens with zero attached hydrogens (tertiary/aromatic N) is 1. The highest BCUT2D eigenvalue weighted by atomic mass is 35.5. The minimum Gasteiger partial charge on any atom is -0.468 e. The lowest BCUT2D eigenvalue weighted by atomic mass is 10.1. The Bertz CT molecular complexity index is 861. The van der Waals surface area contributed by atoms with Gasteiger partial charge in [-0.1, -0.05) is 37.1 Å². The number of carbonyl (C=O) groups excluding carboxylic acids is 2. The Kier molecular flexibility index (Phi) is 7.98. The molecule has 2 aromatic rings. The van der Waals surface area contributed by atoms with Crippen molar-refractivity contribution < 1.29 is 18.7 Å². The summed E-state index contributed by atoms with van der Waals surface area (Å²) in [7, 11) is 0. The van der Waals surface area contributed by atoms with E-state index in [9.17, 15) is 9.59 Å². The molecule has 1 aromatic heterocycles. The monoisotopic (exact) mass is 433 g/mol. The molecule has 0 radical (unpaired) electrons. The molecule has 0 fully saturated rings. The Hall–Kier alpha value is -2.02. The van der Waals surface area contributed by atoms with Crippen molar-refractivity contribution in [3.05, 3.63) is 63.9 Å². The molecule has 0 aliphatic carbocycles. The number of thioether (sulfide) groups is 1. The molecule has 5 nitrogen and oxygen atoms in total. The van der Waals surface area contributed by atoms with Crippen molar-refractivity contribution in [3.8, 4) is 0 Å². The third kappa shape index (κ3) is 5.53. The maximum Gasteiger partial charge on any atom is 0.267 e. The van der Waals surface area contributed by atoms with Crippen LogP contribution in [-0.4, -0.2) is 36.5 Å². The number of unbranched alkanes of at least 4 members (excludes halogenated alkanes) is 1. The first-order valence-corrected chi connectivity index (χ1v) is 11.1. The largest absolute Gasteiger partial charge is 0.468 e. The number of halogens is 1. The molecule has 3 rings (SSSR count). The van der Waals surface area contributed by atoms with Gasteiger partial charge in [-0.3, -0.25) is 14.5 Å². The van der Waals surface area contributed by atoms with Crippen LogP contribution < -0.4 is 0 Å². The Labute approximate surface area is 180 Å². The van der Waals surface area contributed by atoms with E-state index in [-0.39, 0.29) is 11.8 Å². The van der Waals surface area contributed by atoms with Gasteiger partial charge in [-0.05, 0) is 42.7 Å². The van der Waals surface area contributed by atoms with Crippen LogP contribution in [0.5, 0.6) is 0 Å². The Morgan fingerprint density at radius 3 is 2.52 bits per heavy atom. The molecule has 1 aliphatic rings. The summed E-state index contributed by atoms with van der Waals surface area (Å²) in [6.07, 6.45) is 4.30.